The van der Waals surface area contributed by atoms with E-state index in [1.165, 1.54) is 25.0 Å². The molecule has 0 radical (unpaired) electrons. The zero-order valence-electron chi connectivity index (χ0n) is 23.4. The van der Waals surface area contributed by atoms with Crippen molar-refractivity contribution >= 4 is 29.7 Å². The number of hydrogen-bond donors (Lipinski definition) is 9. The number of rotatable bonds is 17. The number of carbonyl (C=O) groups is 4. The van der Waals surface area contributed by atoms with Gasteiger partial charge in [0.1, 0.15) is 18.1 Å². The molecular weight excluding hydrogens is 558 g/mol. The second kappa shape index (κ2) is 16.3. The summed E-state index contributed by atoms with van der Waals surface area (Å²) < 4.78 is 0. The lowest BCUT2D eigenvalue weighted by molar-refractivity contribution is -0.142. The smallest absolute Gasteiger partial charge is 0.326 e. The van der Waals surface area contributed by atoms with Crippen molar-refractivity contribution in [3.05, 3.63) is 72.3 Å². The number of carboxylic acid groups (broad SMARTS) is 1. The molecule has 0 bridgehead atoms. The van der Waals surface area contributed by atoms with Gasteiger partial charge in [-0.2, -0.15) is 0 Å². The number of hydrogen-bond acceptors (Lipinski definition) is 8. The number of aliphatic imine (C=N–C) groups is 1. The van der Waals surface area contributed by atoms with Crippen LogP contribution >= 0.6 is 0 Å². The van der Waals surface area contributed by atoms with E-state index < -0.39 is 47.9 Å². The first-order valence-corrected chi connectivity index (χ1v) is 13.6. The van der Waals surface area contributed by atoms with Crippen LogP contribution in [0.4, 0.5) is 0 Å². The Morgan fingerprint density at radius 1 is 0.814 bits per heavy atom. The van der Waals surface area contributed by atoms with E-state index in [0.29, 0.717) is 17.8 Å². The van der Waals surface area contributed by atoms with Gasteiger partial charge in [-0.05, 0) is 18.4 Å². The molecule has 0 aliphatic rings. The molecule has 0 saturated carbocycles. The van der Waals surface area contributed by atoms with Gasteiger partial charge in [0, 0.05) is 49.6 Å². The minimum atomic E-state index is -1.29. The van der Waals surface area contributed by atoms with Crippen LogP contribution in [0.1, 0.15) is 29.8 Å². The summed E-state index contributed by atoms with van der Waals surface area (Å²) in [5.41, 5.74) is 18.7. The van der Waals surface area contributed by atoms with Gasteiger partial charge in [-0.15, -0.1) is 0 Å². The van der Waals surface area contributed by atoms with Crippen LogP contribution in [0, 0.1) is 0 Å². The second-order valence-corrected chi connectivity index (χ2v) is 9.83. The number of aromatic nitrogens is 4. The molecule has 0 aliphatic heterocycles. The molecule has 3 aromatic rings. The molecule has 4 atom stereocenters. The Hall–Kier alpha value is -5.25. The zero-order valence-corrected chi connectivity index (χ0v) is 23.4. The predicted octanol–water partition coefficient (Wildman–Crippen LogP) is -1.92. The Morgan fingerprint density at radius 3 is 1.98 bits per heavy atom. The first-order valence-electron chi connectivity index (χ1n) is 13.6. The largest absolute Gasteiger partial charge is 0.480 e. The predicted molar refractivity (Wildman–Crippen MR) is 156 cm³/mol. The molecule has 4 unspecified atom stereocenters. The van der Waals surface area contributed by atoms with Crippen molar-refractivity contribution in [3.8, 4) is 0 Å². The lowest BCUT2D eigenvalue weighted by Crippen LogP contribution is -2.58. The lowest BCUT2D eigenvalue weighted by Gasteiger charge is -2.25. The molecule has 0 aliphatic carbocycles. The summed E-state index contributed by atoms with van der Waals surface area (Å²) in [5, 5.41) is 17.6. The number of aromatic amines is 2. The number of H-pyrrole nitrogens is 2. The van der Waals surface area contributed by atoms with Crippen molar-refractivity contribution in [3.63, 3.8) is 0 Å². The van der Waals surface area contributed by atoms with Gasteiger partial charge in [0.2, 0.25) is 17.7 Å². The van der Waals surface area contributed by atoms with E-state index in [1.54, 1.807) is 30.3 Å². The van der Waals surface area contributed by atoms with Crippen molar-refractivity contribution < 1.29 is 24.3 Å². The minimum Gasteiger partial charge on any atom is -0.480 e. The number of carbonyl (C=O) groups excluding carboxylic acids is 3. The molecule has 3 rings (SSSR count). The standard InChI is InChI=1S/C27H37N11O5/c28-19(10-17-12-31-14-34-17)23(39)36-20(7-4-8-33-27(29)30)24(40)37-21(9-16-5-2-1-3-6-16)25(41)38-22(26(42)43)11-18-13-32-15-35-18/h1-3,5-6,12-15,19-22H,4,7-11,28H2,(H,31,34)(H,32,35)(H,36,39)(H,37,40)(H,38,41)(H,42,43)(H4,29,30,33). The summed E-state index contributed by atoms with van der Waals surface area (Å²) in [7, 11) is 0. The van der Waals surface area contributed by atoms with Gasteiger partial charge in [0.15, 0.2) is 5.96 Å². The average molecular weight is 596 g/mol. The van der Waals surface area contributed by atoms with E-state index in [0.717, 1.165) is 5.56 Å². The molecule has 43 heavy (non-hydrogen) atoms. The van der Waals surface area contributed by atoms with Crippen LogP contribution in [0.2, 0.25) is 0 Å². The van der Waals surface area contributed by atoms with E-state index in [9.17, 15) is 24.3 Å². The quantitative estimate of drug-likeness (QED) is 0.0474. The maximum absolute atomic E-state index is 13.5. The van der Waals surface area contributed by atoms with E-state index in [-0.39, 0.29) is 38.2 Å². The number of nitrogens with zero attached hydrogens (tertiary/aromatic N) is 3. The van der Waals surface area contributed by atoms with Crippen molar-refractivity contribution in [2.45, 2.75) is 56.3 Å². The Balaban J connectivity index is 1.77. The third-order valence-electron chi connectivity index (χ3n) is 6.42. The number of benzene rings is 1. The van der Waals surface area contributed by atoms with E-state index >= 15 is 0 Å². The van der Waals surface area contributed by atoms with Gasteiger partial charge in [-0.3, -0.25) is 19.4 Å². The summed E-state index contributed by atoms with van der Waals surface area (Å²) >= 11 is 0. The summed E-state index contributed by atoms with van der Waals surface area (Å²) in [6.45, 7) is 0.198. The van der Waals surface area contributed by atoms with Crippen LogP contribution in [-0.2, 0) is 38.4 Å². The maximum Gasteiger partial charge on any atom is 0.326 e. The van der Waals surface area contributed by atoms with Crippen LogP contribution in [0.15, 0.2) is 60.4 Å². The minimum absolute atomic E-state index is 0.0508. The first-order chi connectivity index (χ1) is 20.6. The Kier molecular flexibility index (Phi) is 12.2. The highest BCUT2D eigenvalue weighted by molar-refractivity contribution is 5.94. The zero-order chi connectivity index (χ0) is 31.2. The van der Waals surface area contributed by atoms with E-state index in [2.05, 4.69) is 40.9 Å². The lowest BCUT2D eigenvalue weighted by atomic mass is 10.0. The molecule has 16 heteroatoms. The fourth-order valence-corrected chi connectivity index (χ4v) is 4.20. The topological polar surface area (TPSA) is 272 Å². The van der Waals surface area contributed by atoms with Gasteiger partial charge in [0.05, 0.1) is 18.7 Å². The molecule has 0 spiro atoms. The molecule has 2 heterocycles. The SMILES string of the molecule is NC(N)=NCCCC(NC(=O)C(N)Cc1cnc[nH]1)C(=O)NC(Cc1ccccc1)C(=O)NC(Cc1cnc[nH]1)C(=O)O. The molecule has 16 nitrogen and oxygen atoms in total. The fourth-order valence-electron chi connectivity index (χ4n) is 4.20. The molecule has 0 saturated heterocycles. The number of aliphatic carboxylic acids is 1. The van der Waals surface area contributed by atoms with Crippen molar-refractivity contribution in [1.82, 2.24) is 35.9 Å². The maximum atomic E-state index is 13.5. The van der Waals surface area contributed by atoms with Gasteiger partial charge in [-0.1, -0.05) is 30.3 Å². The van der Waals surface area contributed by atoms with Crippen LogP contribution < -0.4 is 33.2 Å². The highest BCUT2D eigenvalue weighted by atomic mass is 16.4. The number of guanidine groups is 1. The number of imidazole rings is 2. The molecule has 12 N–H and O–H groups in total. The molecule has 3 amide bonds. The molecule has 0 fully saturated rings. The monoisotopic (exact) mass is 595 g/mol. The molecule has 2 aromatic heterocycles. The highest BCUT2D eigenvalue weighted by Crippen LogP contribution is 2.08. The van der Waals surface area contributed by atoms with Gasteiger partial charge in [-0.25, -0.2) is 14.8 Å². The molecule has 230 valence electrons. The first kappa shape index (κ1) is 32.3. The van der Waals surface area contributed by atoms with Crippen LogP contribution in [0.5, 0.6) is 0 Å². The summed E-state index contributed by atoms with van der Waals surface area (Å²) in [6.07, 6.45) is 6.47. The van der Waals surface area contributed by atoms with Gasteiger partial charge in [0.25, 0.3) is 0 Å². The molecular formula is C27H37N11O5. The van der Waals surface area contributed by atoms with Crippen molar-refractivity contribution in [1.29, 1.82) is 0 Å². The van der Waals surface area contributed by atoms with Gasteiger partial charge >= 0.3 is 5.97 Å². The van der Waals surface area contributed by atoms with Crippen molar-refractivity contribution in [2.24, 2.45) is 22.2 Å². The number of nitrogens with two attached hydrogens (primary N) is 3. The third-order valence-corrected chi connectivity index (χ3v) is 6.42. The summed E-state index contributed by atoms with van der Waals surface area (Å²) in [4.78, 5) is 69.2. The van der Waals surface area contributed by atoms with Crippen LogP contribution in [0.25, 0.3) is 0 Å². The van der Waals surface area contributed by atoms with Crippen LogP contribution in [-0.4, -0.2) is 85.4 Å². The normalized spacial score (nSPS) is 13.6. The number of amides is 3. The third kappa shape index (κ3) is 10.9. The Bertz CT molecular complexity index is 1340. The van der Waals surface area contributed by atoms with E-state index in [4.69, 9.17) is 17.2 Å². The Morgan fingerprint density at radius 2 is 1.40 bits per heavy atom. The fraction of sp³-hybridized carbons (Fsp3) is 0.370. The summed E-state index contributed by atoms with van der Waals surface area (Å²) in [5.74, 6) is -3.35. The number of nitrogens with one attached hydrogen (secondary N) is 5. The highest BCUT2D eigenvalue weighted by Gasteiger charge is 2.31. The average Bonchev–Trinajstić information content (AvgIpc) is 3.68. The van der Waals surface area contributed by atoms with Gasteiger partial charge < -0.3 is 48.2 Å². The Labute approximate surface area is 247 Å². The van der Waals surface area contributed by atoms with E-state index in [1.807, 2.05) is 0 Å². The molecule has 1 aromatic carbocycles. The second-order valence-electron chi connectivity index (χ2n) is 9.83. The number of carboxylic acids is 1. The van der Waals surface area contributed by atoms with Crippen molar-refractivity contribution in [2.75, 3.05) is 6.54 Å². The van der Waals surface area contributed by atoms with Crippen LogP contribution in [0.3, 0.4) is 0 Å². The summed E-state index contributed by atoms with van der Waals surface area (Å²) in [6, 6.07) is 4.35.